The molecule has 3 nitrogen and oxygen atoms in total. The fraction of sp³-hybridized carbons (Fsp3) is 0.308. The van der Waals surface area contributed by atoms with Gasteiger partial charge in [-0.3, -0.25) is 5.32 Å². The van der Waals surface area contributed by atoms with Gasteiger partial charge in [0, 0.05) is 24.3 Å². The van der Waals surface area contributed by atoms with E-state index in [9.17, 15) is 0 Å². The van der Waals surface area contributed by atoms with Crippen molar-refractivity contribution in [2.45, 2.75) is 19.0 Å². The molecule has 4 heteroatoms. The summed E-state index contributed by atoms with van der Waals surface area (Å²) < 4.78 is 2.01. The smallest absolute Gasteiger partial charge is 0.131 e. The standard InChI is InChI=1S/C13H15N3S/c1-4-10(2)15-12(11-6-5-9-17-11)13-14-7-8-16(13)3/h1,5-10,12,15H,2-3H3. The van der Waals surface area contributed by atoms with Gasteiger partial charge in [0.25, 0.3) is 0 Å². The Bertz CT molecular complexity index is 507. The molecule has 2 unspecified atom stereocenters. The van der Waals surface area contributed by atoms with Crippen molar-refractivity contribution in [2.75, 3.05) is 0 Å². The lowest BCUT2D eigenvalue weighted by Gasteiger charge is -2.19. The van der Waals surface area contributed by atoms with Gasteiger partial charge in [-0.25, -0.2) is 4.98 Å². The van der Waals surface area contributed by atoms with Crippen LogP contribution in [0.1, 0.15) is 23.7 Å². The Morgan fingerprint density at radius 2 is 2.41 bits per heavy atom. The number of hydrogen-bond donors (Lipinski definition) is 1. The van der Waals surface area contributed by atoms with Crippen molar-refractivity contribution in [1.82, 2.24) is 14.9 Å². The van der Waals surface area contributed by atoms with Crippen molar-refractivity contribution in [3.05, 3.63) is 40.6 Å². The summed E-state index contributed by atoms with van der Waals surface area (Å²) in [5.41, 5.74) is 0. The number of imidazole rings is 1. The van der Waals surface area contributed by atoms with Gasteiger partial charge in [-0.2, -0.15) is 0 Å². The first-order valence-corrected chi connectivity index (χ1v) is 6.33. The van der Waals surface area contributed by atoms with E-state index < -0.39 is 0 Å². The zero-order valence-corrected chi connectivity index (χ0v) is 10.7. The lowest BCUT2D eigenvalue weighted by molar-refractivity contribution is 0.541. The predicted octanol–water partition coefficient (Wildman–Crippen LogP) is 2.18. The van der Waals surface area contributed by atoms with Crippen molar-refractivity contribution < 1.29 is 0 Å². The summed E-state index contributed by atoms with van der Waals surface area (Å²) >= 11 is 1.71. The first kappa shape index (κ1) is 11.9. The Kier molecular flexibility index (Phi) is 3.62. The van der Waals surface area contributed by atoms with Crippen molar-refractivity contribution in [1.29, 1.82) is 0 Å². The molecule has 2 rings (SSSR count). The SMILES string of the molecule is C#CC(C)NC(c1cccs1)c1nccn1C. The molecule has 1 N–H and O–H groups in total. The third kappa shape index (κ3) is 2.57. The van der Waals surface area contributed by atoms with Gasteiger partial charge in [-0.05, 0) is 18.4 Å². The van der Waals surface area contributed by atoms with E-state index in [2.05, 4.69) is 27.7 Å². The Hall–Kier alpha value is -1.57. The van der Waals surface area contributed by atoms with Crippen LogP contribution < -0.4 is 5.32 Å². The maximum atomic E-state index is 5.43. The minimum Gasteiger partial charge on any atom is -0.336 e. The molecule has 0 fully saturated rings. The largest absolute Gasteiger partial charge is 0.336 e. The van der Waals surface area contributed by atoms with Crippen molar-refractivity contribution >= 4 is 11.3 Å². The van der Waals surface area contributed by atoms with E-state index in [0.29, 0.717) is 0 Å². The maximum Gasteiger partial charge on any atom is 0.131 e. The van der Waals surface area contributed by atoms with Crippen LogP contribution in [0, 0.1) is 12.3 Å². The molecule has 0 saturated heterocycles. The summed E-state index contributed by atoms with van der Waals surface area (Å²) in [5.74, 6) is 3.68. The Morgan fingerprint density at radius 3 is 2.94 bits per heavy atom. The van der Waals surface area contributed by atoms with Crippen LogP contribution in [0.15, 0.2) is 29.9 Å². The molecule has 2 heterocycles. The lowest BCUT2D eigenvalue weighted by Crippen LogP contribution is -2.31. The Labute approximate surface area is 106 Å². The molecule has 2 aromatic rings. The van der Waals surface area contributed by atoms with E-state index in [1.54, 1.807) is 17.5 Å². The molecule has 2 atom stereocenters. The number of nitrogens with one attached hydrogen (secondary N) is 1. The third-order valence-electron chi connectivity index (χ3n) is 2.61. The molecule has 0 spiro atoms. The van der Waals surface area contributed by atoms with Crippen LogP contribution >= 0.6 is 11.3 Å². The molecule has 0 radical (unpaired) electrons. The van der Waals surface area contributed by atoms with Gasteiger partial charge in [0.1, 0.15) is 11.9 Å². The average molecular weight is 245 g/mol. The van der Waals surface area contributed by atoms with Gasteiger partial charge in [0.05, 0.1) is 6.04 Å². The number of terminal acetylenes is 1. The summed E-state index contributed by atoms with van der Waals surface area (Å²) in [7, 11) is 1.99. The molecule has 0 aliphatic rings. The highest BCUT2D eigenvalue weighted by Crippen LogP contribution is 2.24. The second kappa shape index (κ2) is 5.17. The second-order valence-electron chi connectivity index (χ2n) is 3.90. The first-order chi connectivity index (χ1) is 8.22. The highest BCUT2D eigenvalue weighted by molar-refractivity contribution is 7.10. The highest BCUT2D eigenvalue weighted by Gasteiger charge is 2.20. The van der Waals surface area contributed by atoms with Crippen LogP contribution in [0.4, 0.5) is 0 Å². The van der Waals surface area contributed by atoms with E-state index in [0.717, 1.165) is 5.82 Å². The van der Waals surface area contributed by atoms with E-state index in [1.165, 1.54) is 4.88 Å². The number of thiophene rings is 1. The summed E-state index contributed by atoms with van der Waals surface area (Å²) in [5, 5.41) is 5.47. The fourth-order valence-electron chi connectivity index (χ4n) is 1.69. The Balaban J connectivity index is 2.32. The summed E-state index contributed by atoms with van der Waals surface area (Å²) in [4.78, 5) is 5.62. The van der Waals surface area contributed by atoms with Gasteiger partial charge in [-0.1, -0.05) is 12.0 Å². The van der Waals surface area contributed by atoms with Crippen LogP contribution in [0.2, 0.25) is 0 Å². The van der Waals surface area contributed by atoms with E-state index in [1.807, 2.05) is 30.8 Å². The minimum atomic E-state index is 0.0128. The van der Waals surface area contributed by atoms with Crippen LogP contribution in [0.5, 0.6) is 0 Å². The van der Waals surface area contributed by atoms with Gasteiger partial charge < -0.3 is 4.57 Å². The van der Waals surface area contributed by atoms with Crippen LogP contribution in [-0.4, -0.2) is 15.6 Å². The van der Waals surface area contributed by atoms with Crippen molar-refractivity contribution in [3.63, 3.8) is 0 Å². The van der Waals surface area contributed by atoms with Gasteiger partial charge in [-0.15, -0.1) is 17.8 Å². The van der Waals surface area contributed by atoms with Gasteiger partial charge in [0.15, 0.2) is 0 Å². The molecule has 0 amide bonds. The number of hydrogen-bond acceptors (Lipinski definition) is 3. The lowest BCUT2D eigenvalue weighted by atomic mass is 10.2. The molecule has 88 valence electrons. The molecule has 0 aliphatic carbocycles. The molecule has 0 saturated carbocycles. The number of aromatic nitrogens is 2. The van der Waals surface area contributed by atoms with Crippen LogP contribution in [-0.2, 0) is 7.05 Å². The molecule has 17 heavy (non-hydrogen) atoms. The van der Waals surface area contributed by atoms with Crippen molar-refractivity contribution in [3.8, 4) is 12.3 Å². The maximum absolute atomic E-state index is 5.43. The number of rotatable bonds is 4. The zero-order chi connectivity index (χ0) is 12.3. The topological polar surface area (TPSA) is 29.9 Å². The predicted molar refractivity (Wildman–Crippen MR) is 70.8 cm³/mol. The fourth-order valence-corrected chi connectivity index (χ4v) is 2.47. The molecular weight excluding hydrogens is 230 g/mol. The third-order valence-corrected chi connectivity index (χ3v) is 3.55. The normalized spacial score (nSPS) is 14.2. The highest BCUT2D eigenvalue weighted by atomic mass is 32.1. The van der Waals surface area contributed by atoms with Crippen LogP contribution in [0.25, 0.3) is 0 Å². The first-order valence-electron chi connectivity index (χ1n) is 5.45. The summed E-state index contributed by atoms with van der Waals surface area (Å²) in [6, 6.07) is 4.21. The average Bonchev–Trinajstić information content (AvgIpc) is 2.97. The molecule has 0 bridgehead atoms. The monoisotopic (exact) mass is 245 g/mol. The molecular formula is C13H15N3S. The second-order valence-corrected chi connectivity index (χ2v) is 4.88. The van der Waals surface area contributed by atoms with Gasteiger partial charge in [0.2, 0.25) is 0 Å². The Morgan fingerprint density at radius 1 is 1.59 bits per heavy atom. The number of aryl methyl sites for hydroxylation is 1. The van der Waals surface area contributed by atoms with E-state index in [4.69, 9.17) is 6.42 Å². The van der Waals surface area contributed by atoms with Crippen molar-refractivity contribution in [2.24, 2.45) is 7.05 Å². The molecule has 2 aromatic heterocycles. The summed E-state index contributed by atoms with van der Waals surface area (Å²) in [6.07, 6.45) is 9.18. The minimum absolute atomic E-state index is 0.0128. The molecule has 0 aliphatic heterocycles. The van der Waals surface area contributed by atoms with Gasteiger partial charge >= 0.3 is 0 Å². The zero-order valence-electron chi connectivity index (χ0n) is 9.92. The van der Waals surface area contributed by atoms with Crippen LogP contribution in [0.3, 0.4) is 0 Å². The summed E-state index contributed by atoms with van der Waals surface area (Å²) in [6.45, 7) is 1.98. The van der Waals surface area contributed by atoms with E-state index in [-0.39, 0.29) is 12.1 Å². The number of nitrogens with zero attached hydrogens (tertiary/aromatic N) is 2. The molecule has 0 aromatic carbocycles. The quantitative estimate of drug-likeness (QED) is 0.837. The van der Waals surface area contributed by atoms with E-state index >= 15 is 0 Å².